The van der Waals surface area contributed by atoms with Crippen molar-refractivity contribution in [2.24, 2.45) is 5.92 Å². The highest BCUT2D eigenvalue weighted by atomic mass is 127. The zero-order valence-corrected chi connectivity index (χ0v) is 15.4. The van der Waals surface area contributed by atoms with Gasteiger partial charge in [-0.1, -0.05) is 13.3 Å². The minimum absolute atomic E-state index is 0.0660. The summed E-state index contributed by atoms with van der Waals surface area (Å²) in [6.45, 7) is 4.08. The second-order valence-corrected chi connectivity index (χ2v) is 7.07. The average Bonchev–Trinajstić information content (AvgIpc) is 2.55. The van der Waals surface area contributed by atoms with Gasteiger partial charge in [0.1, 0.15) is 5.69 Å². The fraction of sp³-hybridized carbons (Fsp3) is 0.562. The van der Waals surface area contributed by atoms with Crippen LogP contribution >= 0.6 is 22.6 Å². The predicted octanol–water partition coefficient (Wildman–Crippen LogP) is 3.33. The van der Waals surface area contributed by atoms with Crippen LogP contribution in [0.3, 0.4) is 0 Å². The molecule has 1 N–H and O–H groups in total. The monoisotopic (exact) mass is 431 g/mol. The fourth-order valence-corrected chi connectivity index (χ4v) is 3.33. The Morgan fingerprint density at radius 1 is 1.52 bits per heavy atom. The highest BCUT2D eigenvalue weighted by molar-refractivity contribution is 14.1. The molecule has 1 aromatic rings. The van der Waals surface area contributed by atoms with E-state index in [-0.39, 0.29) is 22.4 Å². The summed E-state index contributed by atoms with van der Waals surface area (Å²) in [5, 5.41) is 14.3. The van der Waals surface area contributed by atoms with Crippen molar-refractivity contribution >= 4 is 39.9 Å². The Labute approximate surface area is 149 Å². The number of unbranched alkanes of at least 4 members (excludes halogenated alkanes) is 1. The maximum Gasteiger partial charge on any atom is 0.293 e. The number of nitrogens with zero attached hydrogens (tertiary/aromatic N) is 2. The number of carbonyl (C=O) groups is 1. The normalized spacial score (nSPS) is 17.8. The number of nitro groups is 1. The van der Waals surface area contributed by atoms with Crippen molar-refractivity contribution in [3.05, 3.63) is 31.9 Å². The van der Waals surface area contributed by atoms with E-state index >= 15 is 0 Å². The van der Waals surface area contributed by atoms with E-state index in [2.05, 4.69) is 34.8 Å². The topological polar surface area (TPSA) is 75.5 Å². The van der Waals surface area contributed by atoms with E-state index in [0.29, 0.717) is 18.8 Å². The van der Waals surface area contributed by atoms with E-state index in [0.717, 1.165) is 35.8 Å². The predicted molar refractivity (Wildman–Crippen MR) is 98.7 cm³/mol. The number of nitro benzene ring substituents is 1. The molecule has 1 fully saturated rings. The molecule has 1 aliphatic heterocycles. The number of nitrogens with one attached hydrogen (secondary N) is 1. The van der Waals surface area contributed by atoms with Crippen LogP contribution in [0, 0.1) is 19.6 Å². The molecule has 0 saturated carbocycles. The summed E-state index contributed by atoms with van der Waals surface area (Å²) in [5.74, 6) is -0.0317. The van der Waals surface area contributed by atoms with Gasteiger partial charge in [-0.2, -0.15) is 0 Å². The number of amides is 1. The summed E-state index contributed by atoms with van der Waals surface area (Å²) in [5.41, 5.74) is 0.727. The zero-order valence-electron chi connectivity index (χ0n) is 13.3. The molecular formula is C16H22IN3O3. The van der Waals surface area contributed by atoms with E-state index in [1.54, 1.807) is 12.1 Å². The molecule has 0 radical (unpaired) electrons. The Hall–Kier alpha value is -1.38. The fourth-order valence-electron chi connectivity index (χ4n) is 2.85. The maximum atomic E-state index is 12.2. The molecule has 1 heterocycles. The highest BCUT2D eigenvalue weighted by Gasteiger charge is 2.29. The number of anilines is 1. The molecule has 6 nitrogen and oxygen atoms in total. The van der Waals surface area contributed by atoms with Gasteiger partial charge in [-0.25, -0.2) is 0 Å². The van der Waals surface area contributed by atoms with Gasteiger partial charge in [0.25, 0.3) is 5.69 Å². The maximum absolute atomic E-state index is 12.2. The third-order valence-electron chi connectivity index (χ3n) is 4.10. The van der Waals surface area contributed by atoms with Crippen LogP contribution in [0.25, 0.3) is 0 Å². The number of hydrogen-bond acceptors (Lipinski definition) is 4. The third kappa shape index (κ3) is 4.79. The molecule has 2 rings (SSSR count). The van der Waals surface area contributed by atoms with Crippen LogP contribution in [0.4, 0.5) is 11.4 Å². The van der Waals surface area contributed by atoms with Crippen LogP contribution in [0.15, 0.2) is 18.2 Å². The van der Waals surface area contributed by atoms with Crippen LogP contribution in [0.2, 0.25) is 0 Å². The lowest BCUT2D eigenvalue weighted by Crippen LogP contribution is -2.43. The van der Waals surface area contributed by atoms with E-state index < -0.39 is 0 Å². The SMILES string of the molecule is CCCCNC(=O)C1CCCN(c2ccc(I)cc2[N+](=O)[O-])C1. The van der Waals surface area contributed by atoms with Crippen molar-refractivity contribution in [2.45, 2.75) is 32.6 Å². The summed E-state index contributed by atoms with van der Waals surface area (Å²) in [6.07, 6.45) is 3.73. The molecule has 126 valence electrons. The van der Waals surface area contributed by atoms with Crippen LogP contribution in [-0.2, 0) is 4.79 Å². The van der Waals surface area contributed by atoms with Crippen LogP contribution in [-0.4, -0.2) is 30.5 Å². The van der Waals surface area contributed by atoms with E-state index in [9.17, 15) is 14.9 Å². The first-order valence-electron chi connectivity index (χ1n) is 7.99. The first kappa shape index (κ1) is 18.0. The molecule has 1 aliphatic rings. The first-order chi connectivity index (χ1) is 11.0. The van der Waals surface area contributed by atoms with Crippen molar-refractivity contribution in [2.75, 3.05) is 24.5 Å². The number of halogens is 1. The summed E-state index contributed by atoms with van der Waals surface area (Å²) in [6, 6.07) is 5.24. The summed E-state index contributed by atoms with van der Waals surface area (Å²) >= 11 is 2.07. The van der Waals surface area contributed by atoms with Gasteiger partial charge in [-0.15, -0.1) is 0 Å². The Morgan fingerprint density at radius 2 is 2.30 bits per heavy atom. The summed E-state index contributed by atoms with van der Waals surface area (Å²) < 4.78 is 0.837. The Morgan fingerprint density at radius 3 is 3.00 bits per heavy atom. The van der Waals surface area contributed by atoms with Gasteiger partial charge >= 0.3 is 0 Å². The second kappa shape index (κ2) is 8.47. The van der Waals surface area contributed by atoms with Crippen LogP contribution < -0.4 is 10.2 Å². The zero-order chi connectivity index (χ0) is 16.8. The lowest BCUT2D eigenvalue weighted by atomic mass is 9.96. The van der Waals surface area contributed by atoms with Crippen LogP contribution in [0.1, 0.15) is 32.6 Å². The molecule has 1 aromatic carbocycles. The average molecular weight is 431 g/mol. The molecule has 0 spiro atoms. The lowest BCUT2D eigenvalue weighted by Gasteiger charge is -2.33. The number of piperidine rings is 1. The molecule has 0 aliphatic carbocycles. The highest BCUT2D eigenvalue weighted by Crippen LogP contribution is 2.32. The molecule has 1 amide bonds. The van der Waals surface area contributed by atoms with E-state index in [4.69, 9.17) is 0 Å². The van der Waals surface area contributed by atoms with Gasteiger partial charge in [0, 0.05) is 29.3 Å². The van der Waals surface area contributed by atoms with Crippen molar-refractivity contribution in [3.63, 3.8) is 0 Å². The lowest BCUT2D eigenvalue weighted by molar-refractivity contribution is -0.384. The second-order valence-electron chi connectivity index (χ2n) is 5.82. The number of benzene rings is 1. The largest absolute Gasteiger partial charge is 0.365 e. The smallest absolute Gasteiger partial charge is 0.293 e. The molecule has 1 saturated heterocycles. The Bertz CT molecular complexity index is 580. The van der Waals surface area contributed by atoms with Gasteiger partial charge in [-0.05, 0) is 54.0 Å². The number of carbonyl (C=O) groups excluding carboxylic acids is 1. The van der Waals surface area contributed by atoms with E-state index in [1.807, 2.05) is 11.0 Å². The molecule has 0 bridgehead atoms. The van der Waals surface area contributed by atoms with E-state index in [1.165, 1.54) is 0 Å². The summed E-state index contributed by atoms with van der Waals surface area (Å²) in [7, 11) is 0. The van der Waals surface area contributed by atoms with Crippen molar-refractivity contribution in [3.8, 4) is 0 Å². The molecule has 0 aromatic heterocycles. The quantitative estimate of drug-likeness (QED) is 0.325. The van der Waals surface area contributed by atoms with Gasteiger partial charge < -0.3 is 10.2 Å². The van der Waals surface area contributed by atoms with Crippen molar-refractivity contribution in [1.29, 1.82) is 0 Å². The molecule has 7 heteroatoms. The minimum atomic E-state index is -0.345. The molecule has 1 unspecified atom stereocenters. The van der Waals surface area contributed by atoms with Gasteiger partial charge in [0.2, 0.25) is 5.91 Å². The van der Waals surface area contributed by atoms with Crippen molar-refractivity contribution in [1.82, 2.24) is 5.32 Å². The van der Waals surface area contributed by atoms with Crippen LogP contribution in [0.5, 0.6) is 0 Å². The molecule has 1 atom stereocenters. The third-order valence-corrected chi connectivity index (χ3v) is 4.77. The molecule has 23 heavy (non-hydrogen) atoms. The van der Waals surface area contributed by atoms with Gasteiger partial charge in [-0.3, -0.25) is 14.9 Å². The summed E-state index contributed by atoms with van der Waals surface area (Å²) in [4.78, 5) is 25.2. The Balaban J connectivity index is 2.09. The first-order valence-corrected chi connectivity index (χ1v) is 9.07. The minimum Gasteiger partial charge on any atom is -0.365 e. The Kier molecular flexibility index (Phi) is 6.61. The van der Waals surface area contributed by atoms with Gasteiger partial charge in [0.15, 0.2) is 0 Å². The van der Waals surface area contributed by atoms with Crippen molar-refractivity contribution < 1.29 is 9.72 Å². The standard InChI is InChI=1S/C16H22IN3O3/c1-2-3-8-18-16(21)12-5-4-9-19(11-12)14-7-6-13(17)10-15(14)20(22)23/h6-7,10,12H,2-5,8-9,11H2,1H3,(H,18,21). The number of rotatable bonds is 6. The molecular weight excluding hydrogens is 409 g/mol. The van der Waals surface area contributed by atoms with Gasteiger partial charge in [0.05, 0.1) is 10.8 Å². The number of hydrogen-bond donors (Lipinski definition) is 1.